The van der Waals surface area contributed by atoms with Gasteiger partial charge in [-0.15, -0.1) is 0 Å². The van der Waals surface area contributed by atoms with E-state index in [0.717, 1.165) is 56.8 Å². The van der Waals surface area contributed by atoms with Crippen LogP contribution in [-0.4, -0.2) is 103 Å². The molecule has 4 aromatic rings. The minimum atomic E-state index is -1.32. The average Bonchev–Trinajstić information content (AvgIpc) is 3.25. The Hall–Kier alpha value is -3.61. The number of likely N-dealkylation sites (N-methyl/N-ethyl adjacent to an activating group) is 2. The Balaban J connectivity index is 0.000000155. The summed E-state index contributed by atoms with van der Waals surface area (Å²) in [7, 11) is 4.22. The topological polar surface area (TPSA) is 81.5 Å². The number of pyridine rings is 1. The van der Waals surface area contributed by atoms with Gasteiger partial charge in [0.1, 0.15) is 17.9 Å². The summed E-state index contributed by atoms with van der Waals surface area (Å²) in [6.07, 6.45) is 2.41. The van der Waals surface area contributed by atoms with Crippen molar-refractivity contribution in [2.24, 2.45) is 0 Å². The maximum absolute atomic E-state index is 15.0. The third-order valence-corrected chi connectivity index (χ3v) is 11.6. The number of anilines is 1. The number of hydrogen-bond donors (Lipinski definition) is 1. The van der Waals surface area contributed by atoms with E-state index in [4.69, 9.17) is 16.3 Å². The molecule has 3 aromatic carbocycles. The fourth-order valence-corrected chi connectivity index (χ4v) is 8.53. The molecule has 5 heterocycles. The monoisotopic (exact) mass is 705 g/mol. The Bertz CT molecular complexity index is 1960. The Morgan fingerprint density at radius 3 is 2.37 bits per heavy atom. The van der Waals surface area contributed by atoms with E-state index in [0.29, 0.717) is 36.1 Å². The van der Waals surface area contributed by atoms with Gasteiger partial charge in [-0.25, -0.2) is 9.18 Å². The number of hydrogen-bond acceptors (Lipinski definition) is 8. The van der Waals surface area contributed by atoms with E-state index in [1.54, 1.807) is 4.57 Å². The molecule has 2 saturated heterocycles. The molecule has 12 heteroatoms. The van der Waals surface area contributed by atoms with Crippen LogP contribution in [0.3, 0.4) is 0 Å². The van der Waals surface area contributed by atoms with Gasteiger partial charge in [-0.05, 0) is 68.9 Å². The van der Waals surface area contributed by atoms with Crippen molar-refractivity contribution >= 4 is 45.9 Å². The summed E-state index contributed by atoms with van der Waals surface area (Å²) >= 11 is 8.22. The highest BCUT2D eigenvalue weighted by atomic mass is 35.5. The molecule has 0 aliphatic carbocycles. The van der Waals surface area contributed by atoms with Gasteiger partial charge in [-0.3, -0.25) is 9.69 Å². The lowest BCUT2D eigenvalue weighted by atomic mass is 9.96. The second-order valence-corrected chi connectivity index (χ2v) is 14.9. The van der Waals surface area contributed by atoms with Crippen molar-refractivity contribution in [1.29, 1.82) is 0 Å². The summed E-state index contributed by atoms with van der Waals surface area (Å²) < 4.78 is 22.6. The predicted molar refractivity (Wildman–Crippen MR) is 193 cm³/mol. The molecule has 0 bridgehead atoms. The lowest BCUT2D eigenvalue weighted by Gasteiger charge is -2.38. The van der Waals surface area contributed by atoms with Gasteiger partial charge in [-0.1, -0.05) is 41.6 Å². The zero-order chi connectivity index (χ0) is 34.4. The normalized spacial score (nSPS) is 21.2. The summed E-state index contributed by atoms with van der Waals surface area (Å²) in [6, 6.07) is 16.6. The van der Waals surface area contributed by atoms with Crippen LogP contribution in [0.1, 0.15) is 40.5 Å². The quantitative estimate of drug-likeness (QED) is 0.281. The van der Waals surface area contributed by atoms with E-state index in [1.165, 1.54) is 27.1 Å². The summed E-state index contributed by atoms with van der Waals surface area (Å²) in [5.41, 5.74) is 2.62. The van der Waals surface area contributed by atoms with Gasteiger partial charge in [0, 0.05) is 79.4 Å². The first-order valence-electron chi connectivity index (χ1n) is 16.8. The van der Waals surface area contributed by atoms with Crippen molar-refractivity contribution in [3.05, 3.63) is 92.5 Å². The first-order valence-corrected chi connectivity index (χ1v) is 18.0. The number of carboxylic acid groups (broad SMARTS) is 1. The van der Waals surface area contributed by atoms with Crippen LogP contribution in [0.15, 0.2) is 69.3 Å². The zero-order valence-electron chi connectivity index (χ0n) is 28.0. The van der Waals surface area contributed by atoms with Gasteiger partial charge in [0.2, 0.25) is 5.43 Å². The van der Waals surface area contributed by atoms with Gasteiger partial charge >= 0.3 is 5.97 Å². The number of aromatic carboxylic acids is 1. The number of halogens is 2. The Morgan fingerprint density at radius 1 is 0.959 bits per heavy atom. The Morgan fingerprint density at radius 2 is 1.65 bits per heavy atom. The second kappa shape index (κ2) is 14.0. The van der Waals surface area contributed by atoms with Crippen molar-refractivity contribution in [2.45, 2.75) is 35.2 Å². The van der Waals surface area contributed by atoms with Crippen molar-refractivity contribution in [2.75, 3.05) is 78.0 Å². The van der Waals surface area contributed by atoms with Crippen molar-refractivity contribution in [3.63, 3.8) is 0 Å². The zero-order valence-corrected chi connectivity index (χ0v) is 29.6. The van der Waals surface area contributed by atoms with Crippen molar-refractivity contribution < 1.29 is 19.0 Å². The number of carboxylic acids is 1. The van der Waals surface area contributed by atoms with Crippen LogP contribution in [0.5, 0.6) is 5.75 Å². The van der Waals surface area contributed by atoms with E-state index >= 15 is 0 Å². The number of benzene rings is 3. The summed E-state index contributed by atoms with van der Waals surface area (Å²) in [5.74, 6) is -1.54. The average molecular weight is 706 g/mol. The molecule has 4 aliphatic rings. The first-order chi connectivity index (χ1) is 23.6. The molecule has 4 aliphatic heterocycles. The lowest BCUT2D eigenvalue weighted by Crippen LogP contribution is -2.46. The molecule has 0 radical (unpaired) electrons. The van der Waals surface area contributed by atoms with Gasteiger partial charge in [0.15, 0.2) is 11.6 Å². The van der Waals surface area contributed by atoms with E-state index in [2.05, 4.69) is 58.1 Å². The highest BCUT2D eigenvalue weighted by Crippen LogP contribution is 2.44. The SMILES string of the molecule is CC1COc2c(N3CCN(C)CC3)c(F)cc3c(=O)c(C(=O)O)cn1c23.CN1CCN(C2Cc3ccccc3Sc3ccc(Cl)cc32)CC1. The van der Waals surface area contributed by atoms with E-state index in [9.17, 15) is 19.1 Å². The molecule has 2 atom stereocenters. The lowest BCUT2D eigenvalue weighted by molar-refractivity contribution is 0.0694. The third-order valence-electron chi connectivity index (χ3n) is 10.1. The second-order valence-electron chi connectivity index (χ2n) is 13.4. The summed E-state index contributed by atoms with van der Waals surface area (Å²) in [5, 5.41) is 10.2. The van der Waals surface area contributed by atoms with E-state index in [1.807, 2.05) is 36.7 Å². The molecule has 2 unspecified atom stereocenters. The van der Waals surface area contributed by atoms with E-state index < -0.39 is 17.2 Å². The molecule has 1 aromatic heterocycles. The van der Waals surface area contributed by atoms with Crippen LogP contribution < -0.4 is 15.1 Å². The number of ether oxygens (including phenoxy) is 1. The third kappa shape index (κ3) is 6.67. The summed E-state index contributed by atoms with van der Waals surface area (Å²) in [6.45, 7) is 9.61. The highest BCUT2D eigenvalue weighted by Gasteiger charge is 2.32. The number of nitrogens with zero attached hydrogens (tertiary/aromatic N) is 5. The Labute approximate surface area is 294 Å². The van der Waals surface area contributed by atoms with Crippen molar-refractivity contribution in [3.8, 4) is 5.75 Å². The highest BCUT2D eigenvalue weighted by molar-refractivity contribution is 7.99. The number of piperazine rings is 2. The van der Waals surface area contributed by atoms with Crippen LogP contribution in [0.4, 0.5) is 10.1 Å². The van der Waals surface area contributed by atoms with Gasteiger partial charge in [0.25, 0.3) is 0 Å². The standard InChI is InChI=1S/C19H21ClN2S.C18H20FN3O4/c1-21-8-10-22(11-9-21)17-12-14-4-2-3-5-18(14)23-19-7-6-15(20)13-16(17)19;1-10-9-26-17-14-11(16(23)12(18(24)25)8-22(10)14)7-13(19)15(17)21-5-3-20(2)4-6-21/h2-7,13,17H,8-12H2,1H3;7-8,10H,3-6,9H2,1-2H3,(H,24,25). The minimum absolute atomic E-state index is 0.0434. The molecule has 0 saturated carbocycles. The van der Waals surface area contributed by atoms with Gasteiger partial charge < -0.3 is 29.1 Å². The maximum Gasteiger partial charge on any atom is 0.341 e. The van der Waals surface area contributed by atoms with Crippen LogP contribution in [0.25, 0.3) is 10.9 Å². The predicted octanol–water partition coefficient (Wildman–Crippen LogP) is 5.88. The maximum atomic E-state index is 15.0. The Kier molecular flexibility index (Phi) is 9.64. The van der Waals surface area contributed by atoms with Crippen molar-refractivity contribution in [1.82, 2.24) is 19.3 Å². The molecule has 49 heavy (non-hydrogen) atoms. The van der Waals surface area contributed by atoms with Crippen LogP contribution >= 0.6 is 23.4 Å². The molecule has 8 rings (SSSR count). The number of carbonyl (C=O) groups is 1. The molecule has 258 valence electrons. The molecular weight excluding hydrogens is 665 g/mol. The molecule has 0 amide bonds. The summed E-state index contributed by atoms with van der Waals surface area (Å²) in [4.78, 5) is 35.9. The number of aromatic nitrogens is 1. The number of rotatable bonds is 3. The molecule has 1 N–H and O–H groups in total. The molecule has 9 nitrogen and oxygen atoms in total. The largest absolute Gasteiger partial charge is 0.487 e. The fourth-order valence-electron chi connectivity index (χ4n) is 7.23. The molecule has 2 fully saturated rings. The first kappa shape index (κ1) is 33.9. The van der Waals surface area contributed by atoms with Crippen LogP contribution in [0, 0.1) is 5.82 Å². The smallest absolute Gasteiger partial charge is 0.341 e. The molecular formula is C37H41ClFN5O4S. The van der Waals surface area contributed by atoms with E-state index in [-0.39, 0.29) is 23.6 Å². The fraction of sp³-hybridized carbons (Fsp3) is 0.405. The molecule has 0 spiro atoms. The minimum Gasteiger partial charge on any atom is -0.487 e. The van der Waals surface area contributed by atoms with Crippen LogP contribution in [0.2, 0.25) is 5.02 Å². The van der Waals surface area contributed by atoms with Gasteiger partial charge in [0.05, 0.1) is 16.9 Å². The number of fused-ring (bicyclic) bond motifs is 2. The van der Waals surface area contributed by atoms with Crippen LogP contribution in [-0.2, 0) is 6.42 Å². The van der Waals surface area contributed by atoms with Gasteiger partial charge in [-0.2, -0.15) is 0 Å².